The molecular formula is C16H23N7OS. The number of rotatable bonds is 4. The average molecular weight is 361 g/mol. The van der Waals surface area contributed by atoms with Crippen LogP contribution in [0.5, 0.6) is 0 Å². The second kappa shape index (κ2) is 7.49. The summed E-state index contributed by atoms with van der Waals surface area (Å²) in [7, 11) is 0. The highest BCUT2D eigenvalue weighted by molar-refractivity contribution is 7.15. The van der Waals surface area contributed by atoms with Crippen LogP contribution >= 0.6 is 11.3 Å². The van der Waals surface area contributed by atoms with Crippen LogP contribution in [-0.4, -0.2) is 65.6 Å². The van der Waals surface area contributed by atoms with Gasteiger partial charge < -0.3 is 19.9 Å². The summed E-state index contributed by atoms with van der Waals surface area (Å²) in [5, 5.41) is 14.0. The van der Waals surface area contributed by atoms with Gasteiger partial charge in [-0.15, -0.1) is 10.2 Å². The van der Waals surface area contributed by atoms with E-state index in [4.69, 9.17) is 9.72 Å². The summed E-state index contributed by atoms with van der Waals surface area (Å²) in [5.74, 6) is 1.66. The van der Waals surface area contributed by atoms with Crippen molar-refractivity contribution in [1.82, 2.24) is 20.2 Å². The third kappa shape index (κ3) is 3.98. The molecule has 0 radical (unpaired) electrons. The molecule has 4 rings (SSSR count). The van der Waals surface area contributed by atoms with Crippen LogP contribution in [0.15, 0.2) is 12.3 Å². The van der Waals surface area contributed by atoms with Crippen LogP contribution in [0.3, 0.4) is 0 Å². The first-order chi connectivity index (χ1) is 12.3. The van der Waals surface area contributed by atoms with Gasteiger partial charge in [0.25, 0.3) is 0 Å². The summed E-state index contributed by atoms with van der Waals surface area (Å²) in [6.07, 6.45) is 4.09. The Hall–Kier alpha value is -2.00. The van der Waals surface area contributed by atoms with Gasteiger partial charge in [0.15, 0.2) is 0 Å². The molecule has 25 heavy (non-hydrogen) atoms. The van der Waals surface area contributed by atoms with Crippen LogP contribution in [0.25, 0.3) is 0 Å². The van der Waals surface area contributed by atoms with Crippen molar-refractivity contribution >= 4 is 28.2 Å². The predicted molar refractivity (Wildman–Crippen MR) is 98.6 cm³/mol. The van der Waals surface area contributed by atoms with Crippen molar-refractivity contribution in [1.29, 1.82) is 0 Å². The third-order valence-corrected chi connectivity index (χ3v) is 5.40. The van der Waals surface area contributed by atoms with Crippen molar-refractivity contribution in [2.24, 2.45) is 0 Å². The zero-order valence-corrected chi connectivity index (χ0v) is 15.2. The molecule has 0 aliphatic carbocycles. The van der Waals surface area contributed by atoms with E-state index >= 15 is 0 Å². The van der Waals surface area contributed by atoms with E-state index in [0.717, 1.165) is 74.1 Å². The van der Waals surface area contributed by atoms with Gasteiger partial charge in [0.2, 0.25) is 11.1 Å². The quantitative estimate of drug-likeness (QED) is 0.879. The molecule has 2 fully saturated rings. The number of aryl methyl sites for hydroxylation is 1. The van der Waals surface area contributed by atoms with Crippen LogP contribution < -0.4 is 15.1 Å². The van der Waals surface area contributed by atoms with Crippen molar-refractivity contribution in [2.45, 2.75) is 25.8 Å². The fraction of sp³-hybridized carbons (Fsp3) is 0.625. The Morgan fingerprint density at radius 1 is 1.20 bits per heavy atom. The molecule has 2 aromatic rings. The summed E-state index contributed by atoms with van der Waals surface area (Å²) >= 11 is 1.66. The first-order valence-corrected chi connectivity index (χ1v) is 9.57. The molecule has 1 N–H and O–H groups in total. The molecule has 134 valence electrons. The summed E-state index contributed by atoms with van der Waals surface area (Å²) in [6, 6.07) is 2.29. The number of aromatic nitrogens is 4. The van der Waals surface area contributed by atoms with Gasteiger partial charge in [-0.1, -0.05) is 11.3 Å². The first kappa shape index (κ1) is 16.5. The maximum Gasteiger partial charge on any atom is 0.227 e. The molecule has 2 saturated heterocycles. The predicted octanol–water partition coefficient (Wildman–Crippen LogP) is 1.55. The molecule has 8 nitrogen and oxygen atoms in total. The third-order valence-electron chi connectivity index (χ3n) is 4.50. The van der Waals surface area contributed by atoms with Gasteiger partial charge in [0.1, 0.15) is 10.8 Å². The van der Waals surface area contributed by atoms with Crippen LogP contribution in [-0.2, 0) is 4.74 Å². The van der Waals surface area contributed by atoms with Crippen LogP contribution in [0.2, 0.25) is 0 Å². The van der Waals surface area contributed by atoms with Crippen LogP contribution in [0, 0.1) is 6.92 Å². The van der Waals surface area contributed by atoms with E-state index in [1.54, 1.807) is 11.3 Å². The minimum Gasteiger partial charge on any atom is -0.378 e. The Kier molecular flexibility index (Phi) is 4.93. The Bertz CT molecular complexity index is 703. The lowest BCUT2D eigenvalue weighted by Gasteiger charge is -2.33. The number of morpholine rings is 1. The van der Waals surface area contributed by atoms with E-state index in [1.165, 1.54) is 0 Å². The van der Waals surface area contributed by atoms with E-state index in [9.17, 15) is 0 Å². The smallest absolute Gasteiger partial charge is 0.227 e. The maximum absolute atomic E-state index is 5.40. The van der Waals surface area contributed by atoms with E-state index in [1.807, 2.05) is 19.2 Å². The van der Waals surface area contributed by atoms with Crippen molar-refractivity contribution in [3.05, 3.63) is 17.3 Å². The topological polar surface area (TPSA) is 79.3 Å². The lowest BCUT2D eigenvalue weighted by molar-refractivity contribution is 0.122. The molecule has 0 aromatic carbocycles. The largest absolute Gasteiger partial charge is 0.378 e. The second-order valence-corrected chi connectivity index (χ2v) is 7.53. The zero-order valence-electron chi connectivity index (χ0n) is 14.4. The minimum absolute atomic E-state index is 0.352. The molecule has 1 atom stereocenters. The Balaban J connectivity index is 1.41. The summed E-state index contributed by atoms with van der Waals surface area (Å²) in [6.45, 7) is 7.11. The maximum atomic E-state index is 5.40. The van der Waals surface area contributed by atoms with Crippen molar-refractivity contribution in [3.8, 4) is 0 Å². The molecule has 0 bridgehead atoms. The second-order valence-electron chi connectivity index (χ2n) is 6.37. The summed E-state index contributed by atoms with van der Waals surface area (Å²) < 4.78 is 5.40. The van der Waals surface area contributed by atoms with E-state index in [-0.39, 0.29) is 0 Å². The summed E-state index contributed by atoms with van der Waals surface area (Å²) in [4.78, 5) is 13.6. The minimum atomic E-state index is 0.352. The van der Waals surface area contributed by atoms with Gasteiger partial charge in [-0.3, -0.25) is 0 Å². The highest BCUT2D eigenvalue weighted by atomic mass is 32.1. The Morgan fingerprint density at radius 3 is 2.88 bits per heavy atom. The normalized spacial score (nSPS) is 21.4. The van der Waals surface area contributed by atoms with Gasteiger partial charge in [0, 0.05) is 38.4 Å². The molecule has 4 heterocycles. The summed E-state index contributed by atoms with van der Waals surface area (Å²) in [5.41, 5.74) is 0. The number of ether oxygens (including phenoxy) is 1. The average Bonchev–Trinajstić information content (AvgIpc) is 3.09. The highest BCUT2D eigenvalue weighted by Gasteiger charge is 2.23. The molecule has 2 aromatic heterocycles. The molecule has 2 aliphatic heterocycles. The van der Waals surface area contributed by atoms with Gasteiger partial charge in [-0.05, 0) is 25.8 Å². The van der Waals surface area contributed by atoms with Crippen molar-refractivity contribution in [3.63, 3.8) is 0 Å². The Morgan fingerprint density at radius 2 is 2.08 bits per heavy atom. The van der Waals surface area contributed by atoms with Crippen LogP contribution in [0.1, 0.15) is 17.8 Å². The fourth-order valence-electron chi connectivity index (χ4n) is 3.24. The van der Waals surface area contributed by atoms with E-state index < -0.39 is 0 Å². The molecule has 9 heteroatoms. The van der Waals surface area contributed by atoms with E-state index in [2.05, 4.69) is 30.3 Å². The highest BCUT2D eigenvalue weighted by Crippen LogP contribution is 2.24. The molecule has 2 aliphatic rings. The number of hydrogen-bond donors (Lipinski definition) is 1. The molecule has 1 unspecified atom stereocenters. The van der Waals surface area contributed by atoms with Crippen molar-refractivity contribution < 1.29 is 4.74 Å². The number of anilines is 3. The van der Waals surface area contributed by atoms with Gasteiger partial charge >= 0.3 is 0 Å². The standard InChI is InChI=1S/C16H23N7OS/c1-12-20-21-16(25-12)23-6-2-3-13(11-23)18-14-4-5-17-15(19-14)22-7-9-24-10-8-22/h4-5,13H,2-3,6-11H2,1H3,(H,17,18,19). The molecule has 0 spiro atoms. The van der Waals surface area contributed by atoms with E-state index in [0.29, 0.717) is 6.04 Å². The molecule has 0 saturated carbocycles. The zero-order chi connectivity index (χ0) is 17.1. The van der Waals surface area contributed by atoms with Crippen LogP contribution in [0.4, 0.5) is 16.9 Å². The molecule has 0 amide bonds. The number of nitrogens with one attached hydrogen (secondary N) is 1. The lowest BCUT2D eigenvalue weighted by Crippen LogP contribution is -2.42. The molecular weight excluding hydrogens is 338 g/mol. The fourth-order valence-corrected chi connectivity index (χ4v) is 3.96. The lowest BCUT2D eigenvalue weighted by atomic mass is 10.1. The van der Waals surface area contributed by atoms with Gasteiger partial charge in [-0.2, -0.15) is 4.98 Å². The number of piperidine rings is 1. The monoisotopic (exact) mass is 361 g/mol. The van der Waals surface area contributed by atoms with Crippen molar-refractivity contribution in [2.75, 3.05) is 54.5 Å². The number of nitrogens with zero attached hydrogens (tertiary/aromatic N) is 6. The number of hydrogen-bond acceptors (Lipinski definition) is 9. The van der Waals surface area contributed by atoms with Gasteiger partial charge in [0.05, 0.1) is 13.2 Å². The SMILES string of the molecule is Cc1nnc(N2CCCC(Nc3ccnc(N4CCOCC4)n3)C2)s1. The van der Waals surface area contributed by atoms with Gasteiger partial charge in [-0.25, -0.2) is 4.98 Å². The Labute approximate surface area is 151 Å². The first-order valence-electron chi connectivity index (χ1n) is 8.75.